The van der Waals surface area contributed by atoms with E-state index in [1.807, 2.05) is 0 Å². The van der Waals surface area contributed by atoms with Crippen molar-refractivity contribution in [2.45, 2.75) is 77.0 Å². The second-order valence-corrected chi connectivity index (χ2v) is 10.6. The summed E-state index contributed by atoms with van der Waals surface area (Å²) in [5, 5.41) is 5.79. The van der Waals surface area contributed by atoms with Gasteiger partial charge in [-0.15, -0.1) is 0 Å². The molecule has 0 saturated heterocycles. The number of rotatable bonds is 8. The first-order valence-electron chi connectivity index (χ1n) is 13.5. The van der Waals surface area contributed by atoms with Crippen LogP contribution in [0.2, 0.25) is 0 Å². The first kappa shape index (κ1) is 24.4. The number of amides is 2. The summed E-state index contributed by atoms with van der Waals surface area (Å²) in [5.41, 5.74) is 1.64. The average molecular weight is 487 g/mol. The Hall–Kier alpha value is -3.28. The molecule has 6 heteroatoms. The van der Waals surface area contributed by atoms with Gasteiger partial charge in [0.15, 0.2) is 11.6 Å². The number of carbonyl (C=O) groups is 4. The van der Waals surface area contributed by atoms with Crippen molar-refractivity contribution in [1.29, 1.82) is 0 Å². The summed E-state index contributed by atoms with van der Waals surface area (Å²) in [6.45, 7) is 0. The quantitative estimate of drug-likeness (QED) is 0.392. The Morgan fingerprint density at radius 1 is 0.639 bits per heavy atom. The monoisotopic (exact) mass is 486 g/mol. The molecular formula is C30H34N2O4. The molecule has 2 aromatic rings. The largest absolute Gasteiger partial charge is 0.325 e. The molecule has 36 heavy (non-hydrogen) atoms. The summed E-state index contributed by atoms with van der Waals surface area (Å²) in [5.74, 6) is 0.234. The summed E-state index contributed by atoms with van der Waals surface area (Å²) in [6, 6.07) is 10.00. The lowest BCUT2D eigenvalue weighted by atomic mass is 9.82. The Bertz CT molecular complexity index is 1100. The van der Waals surface area contributed by atoms with Gasteiger partial charge < -0.3 is 10.6 Å². The van der Waals surface area contributed by atoms with Gasteiger partial charge >= 0.3 is 0 Å². The lowest BCUT2D eigenvalue weighted by molar-refractivity contribution is -0.117. The minimum absolute atomic E-state index is 0.156. The zero-order valence-electron chi connectivity index (χ0n) is 20.7. The number of ketones is 2. The molecule has 2 aromatic carbocycles. The number of hydrogen-bond acceptors (Lipinski definition) is 4. The second kappa shape index (κ2) is 10.8. The Kier molecular flexibility index (Phi) is 7.30. The fourth-order valence-electron chi connectivity index (χ4n) is 6.13. The lowest BCUT2D eigenvalue weighted by Crippen LogP contribution is -2.26. The molecule has 0 bridgehead atoms. The second-order valence-electron chi connectivity index (χ2n) is 10.6. The minimum Gasteiger partial charge on any atom is -0.325 e. The molecule has 0 aromatic heterocycles. The molecule has 2 saturated carbocycles. The van der Waals surface area contributed by atoms with Crippen molar-refractivity contribution in [3.8, 4) is 0 Å². The standard InChI is InChI=1S/C30H34N2O4/c33-25(17-13-19-7-1-2-8-19)31-23-15-16-24(32-26(34)18-14-20-9-3-4-10-20)28-27(23)29(35)21-11-5-6-12-22(21)30(28)36/h5-6,11-12,15-16,19-20H,1-4,7-10,13-14,17-18H2,(H,31,33)(H,32,34). The smallest absolute Gasteiger partial charge is 0.224 e. The third-order valence-electron chi connectivity index (χ3n) is 8.13. The molecule has 0 aliphatic heterocycles. The fourth-order valence-corrected chi connectivity index (χ4v) is 6.13. The number of benzene rings is 2. The molecule has 3 aliphatic rings. The number of anilines is 2. The number of carbonyl (C=O) groups excluding carboxylic acids is 4. The van der Waals surface area contributed by atoms with Gasteiger partial charge in [0, 0.05) is 24.0 Å². The highest BCUT2D eigenvalue weighted by atomic mass is 16.2. The summed E-state index contributed by atoms with van der Waals surface area (Å²) in [6.07, 6.45) is 12.0. The van der Waals surface area contributed by atoms with E-state index in [0.29, 0.717) is 47.2 Å². The molecule has 6 nitrogen and oxygen atoms in total. The van der Waals surface area contributed by atoms with Crippen LogP contribution in [0, 0.1) is 11.8 Å². The van der Waals surface area contributed by atoms with Crippen molar-refractivity contribution >= 4 is 34.8 Å². The topological polar surface area (TPSA) is 92.3 Å². The van der Waals surface area contributed by atoms with Gasteiger partial charge in [-0.2, -0.15) is 0 Å². The zero-order valence-corrected chi connectivity index (χ0v) is 20.7. The van der Waals surface area contributed by atoms with Crippen LogP contribution in [0.15, 0.2) is 36.4 Å². The summed E-state index contributed by atoms with van der Waals surface area (Å²) >= 11 is 0. The maximum absolute atomic E-state index is 13.5. The van der Waals surface area contributed by atoms with Crippen LogP contribution in [0.3, 0.4) is 0 Å². The summed E-state index contributed by atoms with van der Waals surface area (Å²) < 4.78 is 0. The number of nitrogens with one attached hydrogen (secondary N) is 2. The van der Waals surface area contributed by atoms with E-state index in [1.165, 1.54) is 51.4 Å². The molecule has 2 amide bonds. The highest BCUT2D eigenvalue weighted by molar-refractivity contribution is 6.32. The fraction of sp³-hybridized carbons (Fsp3) is 0.467. The molecule has 2 fully saturated rings. The van der Waals surface area contributed by atoms with Gasteiger partial charge in [-0.05, 0) is 36.8 Å². The molecule has 2 N–H and O–H groups in total. The first-order chi connectivity index (χ1) is 17.5. The van der Waals surface area contributed by atoms with Crippen molar-refractivity contribution in [2.24, 2.45) is 11.8 Å². The SMILES string of the molecule is O=C(CCC1CCCC1)Nc1ccc(NC(=O)CCC2CCCC2)c2c1C(=O)c1ccccc1C2=O. The van der Waals surface area contributed by atoms with E-state index >= 15 is 0 Å². The van der Waals surface area contributed by atoms with Crippen LogP contribution in [0.4, 0.5) is 11.4 Å². The molecule has 0 atom stereocenters. The molecule has 0 radical (unpaired) electrons. The van der Waals surface area contributed by atoms with Crippen molar-refractivity contribution < 1.29 is 19.2 Å². The van der Waals surface area contributed by atoms with Gasteiger partial charge in [0.05, 0.1) is 22.5 Å². The Labute approximate surface area is 212 Å². The van der Waals surface area contributed by atoms with Crippen molar-refractivity contribution in [1.82, 2.24) is 0 Å². The van der Waals surface area contributed by atoms with Gasteiger partial charge in [-0.25, -0.2) is 0 Å². The van der Waals surface area contributed by atoms with Crippen LogP contribution in [0.5, 0.6) is 0 Å². The van der Waals surface area contributed by atoms with Gasteiger partial charge in [0.1, 0.15) is 0 Å². The normalized spacial score (nSPS) is 17.7. The Balaban J connectivity index is 1.39. The molecule has 188 valence electrons. The lowest BCUT2D eigenvalue weighted by Gasteiger charge is -2.23. The van der Waals surface area contributed by atoms with E-state index in [0.717, 1.165) is 12.8 Å². The van der Waals surface area contributed by atoms with E-state index in [-0.39, 0.29) is 34.5 Å². The summed E-state index contributed by atoms with van der Waals surface area (Å²) in [7, 11) is 0. The van der Waals surface area contributed by atoms with Crippen molar-refractivity contribution in [3.63, 3.8) is 0 Å². The Morgan fingerprint density at radius 2 is 1.03 bits per heavy atom. The maximum Gasteiger partial charge on any atom is 0.224 e. The van der Waals surface area contributed by atoms with Crippen LogP contribution in [-0.2, 0) is 9.59 Å². The molecule has 3 aliphatic carbocycles. The zero-order chi connectivity index (χ0) is 25.1. The van der Waals surface area contributed by atoms with Crippen LogP contribution < -0.4 is 10.6 Å². The summed E-state index contributed by atoms with van der Waals surface area (Å²) in [4.78, 5) is 52.7. The third-order valence-corrected chi connectivity index (χ3v) is 8.13. The van der Waals surface area contributed by atoms with Crippen molar-refractivity contribution in [2.75, 3.05) is 10.6 Å². The molecule has 0 heterocycles. The first-order valence-corrected chi connectivity index (χ1v) is 13.5. The average Bonchev–Trinajstić information content (AvgIpc) is 3.60. The van der Waals surface area contributed by atoms with Gasteiger partial charge in [-0.1, -0.05) is 75.6 Å². The Morgan fingerprint density at radius 3 is 1.42 bits per heavy atom. The van der Waals surface area contributed by atoms with E-state index in [1.54, 1.807) is 36.4 Å². The highest BCUT2D eigenvalue weighted by Gasteiger charge is 2.34. The maximum atomic E-state index is 13.5. The van der Waals surface area contributed by atoms with Gasteiger partial charge in [0.25, 0.3) is 0 Å². The molecular weight excluding hydrogens is 452 g/mol. The van der Waals surface area contributed by atoms with Crippen LogP contribution in [0.25, 0.3) is 0 Å². The molecule has 5 rings (SSSR count). The molecule has 0 unspecified atom stereocenters. The number of fused-ring (bicyclic) bond motifs is 2. The van der Waals surface area contributed by atoms with E-state index in [4.69, 9.17) is 0 Å². The minimum atomic E-state index is -0.312. The predicted octanol–water partition coefficient (Wildman–Crippen LogP) is 6.28. The molecule has 0 spiro atoms. The van der Waals surface area contributed by atoms with Crippen LogP contribution >= 0.6 is 0 Å². The van der Waals surface area contributed by atoms with Crippen molar-refractivity contribution in [3.05, 3.63) is 58.7 Å². The number of hydrogen-bond donors (Lipinski definition) is 2. The van der Waals surface area contributed by atoms with Gasteiger partial charge in [-0.3, -0.25) is 19.2 Å². The third kappa shape index (κ3) is 5.13. The van der Waals surface area contributed by atoms with Crippen LogP contribution in [-0.4, -0.2) is 23.4 Å². The van der Waals surface area contributed by atoms with E-state index in [2.05, 4.69) is 10.6 Å². The predicted molar refractivity (Wildman–Crippen MR) is 139 cm³/mol. The van der Waals surface area contributed by atoms with Gasteiger partial charge in [0.2, 0.25) is 11.8 Å². The highest BCUT2D eigenvalue weighted by Crippen LogP contribution is 2.37. The van der Waals surface area contributed by atoms with E-state index in [9.17, 15) is 19.2 Å². The van der Waals surface area contributed by atoms with Crippen LogP contribution in [0.1, 0.15) is 109 Å². The van der Waals surface area contributed by atoms with E-state index < -0.39 is 0 Å².